The van der Waals surface area contributed by atoms with Gasteiger partial charge in [0.2, 0.25) is 11.8 Å². The average molecular weight is 532 g/mol. The Balaban J connectivity index is 1.11. The number of nitrogens with one attached hydrogen (secondary N) is 1. The molecule has 4 aliphatic heterocycles. The van der Waals surface area contributed by atoms with Crippen molar-refractivity contribution >= 4 is 29.6 Å². The third-order valence-corrected chi connectivity index (χ3v) is 8.30. The first-order valence-corrected chi connectivity index (χ1v) is 13.2. The van der Waals surface area contributed by atoms with E-state index in [1.165, 1.54) is 12.3 Å². The molecule has 0 radical (unpaired) electrons. The molecule has 1 unspecified atom stereocenters. The summed E-state index contributed by atoms with van der Waals surface area (Å²) in [4.78, 5) is 45.1. The fourth-order valence-corrected chi connectivity index (χ4v) is 6.12. The Morgan fingerprint density at radius 3 is 2.74 bits per heavy atom. The highest BCUT2D eigenvalue weighted by molar-refractivity contribution is 6.05. The van der Waals surface area contributed by atoms with Crippen molar-refractivity contribution in [3.63, 3.8) is 0 Å². The Hall–Kier alpha value is -4.05. The predicted octanol–water partition coefficient (Wildman–Crippen LogP) is 2.56. The summed E-state index contributed by atoms with van der Waals surface area (Å²) in [5.41, 5.74) is 9.55. The van der Waals surface area contributed by atoms with Crippen LogP contribution in [0.2, 0.25) is 0 Å². The third kappa shape index (κ3) is 4.58. The van der Waals surface area contributed by atoms with Crippen molar-refractivity contribution in [3.05, 3.63) is 70.7 Å². The zero-order valence-corrected chi connectivity index (χ0v) is 21.5. The van der Waals surface area contributed by atoms with Gasteiger partial charge in [0, 0.05) is 47.0 Å². The SMILES string of the molecule is N/C(=C\C=Nc1ccccc1F)CN1CCC2(CC1)COc1c2ccc2c1CN(C1CCC(=O)NC1=O)C2=O. The Morgan fingerprint density at radius 1 is 1.18 bits per heavy atom. The maximum Gasteiger partial charge on any atom is 0.255 e. The number of carbonyl (C=O) groups excluding carboxylic acids is 3. The molecule has 3 amide bonds. The van der Waals surface area contributed by atoms with Crippen LogP contribution >= 0.6 is 0 Å². The second-order valence-corrected chi connectivity index (χ2v) is 10.7. The molecule has 0 aliphatic carbocycles. The van der Waals surface area contributed by atoms with Crippen molar-refractivity contribution in [2.45, 2.75) is 43.7 Å². The molecular weight excluding hydrogens is 501 g/mol. The number of piperidine rings is 2. The maximum absolute atomic E-state index is 13.7. The van der Waals surface area contributed by atoms with Crippen LogP contribution in [0.15, 0.2) is 53.2 Å². The molecule has 0 aromatic heterocycles. The van der Waals surface area contributed by atoms with E-state index < -0.39 is 11.9 Å². The molecule has 2 aromatic rings. The van der Waals surface area contributed by atoms with Gasteiger partial charge in [-0.2, -0.15) is 0 Å². The Bertz CT molecular complexity index is 1410. The number of amides is 3. The predicted molar refractivity (Wildman–Crippen MR) is 142 cm³/mol. The molecular formula is C29H30FN5O4. The number of hydrogen-bond acceptors (Lipinski definition) is 7. The lowest BCUT2D eigenvalue weighted by molar-refractivity contribution is -0.136. The van der Waals surface area contributed by atoms with Gasteiger partial charge in [-0.15, -0.1) is 0 Å². The zero-order chi connectivity index (χ0) is 27.1. The molecule has 4 aliphatic rings. The van der Waals surface area contributed by atoms with E-state index in [9.17, 15) is 18.8 Å². The molecule has 202 valence electrons. The minimum Gasteiger partial charge on any atom is -0.492 e. The van der Waals surface area contributed by atoms with Crippen LogP contribution in [0.4, 0.5) is 10.1 Å². The summed E-state index contributed by atoms with van der Waals surface area (Å²) in [6.45, 7) is 3.12. The number of carbonyl (C=O) groups is 3. The van der Waals surface area contributed by atoms with E-state index in [2.05, 4.69) is 15.2 Å². The van der Waals surface area contributed by atoms with Crippen molar-refractivity contribution in [1.29, 1.82) is 0 Å². The topological polar surface area (TPSA) is 117 Å². The summed E-state index contributed by atoms with van der Waals surface area (Å²) in [6.07, 6.45) is 5.57. The molecule has 2 saturated heterocycles. The Labute approximate surface area is 225 Å². The molecule has 1 spiro atoms. The number of benzene rings is 2. The molecule has 3 N–H and O–H groups in total. The molecule has 1 atom stereocenters. The van der Waals surface area contributed by atoms with E-state index >= 15 is 0 Å². The Kier molecular flexibility index (Phi) is 6.42. The van der Waals surface area contributed by atoms with Crippen LogP contribution in [-0.2, 0) is 21.5 Å². The fourth-order valence-electron chi connectivity index (χ4n) is 6.12. The molecule has 0 saturated carbocycles. The molecule has 0 bridgehead atoms. The number of nitrogens with two attached hydrogens (primary N) is 1. The number of rotatable bonds is 5. The standard InChI is InChI=1S/C29H30FN5O4/c30-22-3-1-2-4-23(22)32-12-9-18(31)15-34-13-10-29(11-14-34)17-39-26-20-16-35(24-7-8-25(36)33-27(24)37)28(38)19(20)5-6-21(26)29/h1-6,9,12,24H,7-8,10-11,13-17,31H2,(H,33,36,37)/b18-9-,32-12?. The number of para-hydroxylation sites is 1. The van der Waals surface area contributed by atoms with Gasteiger partial charge in [0.15, 0.2) is 0 Å². The van der Waals surface area contributed by atoms with Gasteiger partial charge in [0.25, 0.3) is 5.91 Å². The molecule has 10 heteroatoms. The highest BCUT2D eigenvalue weighted by atomic mass is 19.1. The number of allylic oxidation sites excluding steroid dienone is 1. The van der Waals surface area contributed by atoms with E-state index in [1.807, 2.05) is 12.1 Å². The number of likely N-dealkylation sites (tertiary alicyclic amines) is 1. The van der Waals surface area contributed by atoms with E-state index in [-0.39, 0.29) is 35.2 Å². The van der Waals surface area contributed by atoms with E-state index in [0.717, 1.165) is 42.8 Å². The van der Waals surface area contributed by atoms with E-state index in [0.29, 0.717) is 37.4 Å². The first-order chi connectivity index (χ1) is 18.8. The molecule has 4 heterocycles. The van der Waals surface area contributed by atoms with Gasteiger partial charge in [-0.05, 0) is 56.6 Å². The van der Waals surface area contributed by atoms with Gasteiger partial charge in [-0.3, -0.25) is 29.6 Å². The molecule has 2 fully saturated rings. The van der Waals surface area contributed by atoms with Crippen molar-refractivity contribution in [2.75, 3.05) is 26.2 Å². The molecule has 39 heavy (non-hydrogen) atoms. The van der Waals surface area contributed by atoms with Gasteiger partial charge in [0.1, 0.15) is 17.6 Å². The van der Waals surface area contributed by atoms with Crippen LogP contribution in [0.25, 0.3) is 0 Å². The van der Waals surface area contributed by atoms with Crippen molar-refractivity contribution < 1.29 is 23.5 Å². The van der Waals surface area contributed by atoms with Gasteiger partial charge in [-0.1, -0.05) is 18.2 Å². The lowest BCUT2D eigenvalue weighted by atomic mass is 9.74. The highest BCUT2D eigenvalue weighted by Gasteiger charge is 2.47. The van der Waals surface area contributed by atoms with Crippen molar-refractivity contribution in [1.82, 2.24) is 15.1 Å². The number of aliphatic imine (C=N–C) groups is 1. The zero-order valence-electron chi connectivity index (χ0n) is 21.5. The minimum atomic E-state index is -0.646. The number of ether oxygens (including phenoxy) is 1. The summed E-state index contributed by atoms with van der Waals surface area (Å²) >= 11 is 0. The second kappa shape index (κ2) is 9.92. The van der Waals surface area contributed by atoms with Crippen LogP contribution in [0.3, 0.4) is 0 Å². The monoisotopic (exact) mass is 531 g/mol. The van der Waals surface area contributed by atoms with Crippen LogP contribution in [0.1, 0.15) is 47.2 Å². The first kappa shape index (κ1) is 25.2. The normalized spacial score (nSPS) is 22.8. The molecule has 2 aromatic carbocycles. The number of halogens is 1. The average Bonchev–Trinajstić information content (AvgIpc) is 3.44. The van der Waals surface area contributed by atoms with Gasteiger partial charge < -0.3 is 15.4 Å². The molecule has 9 nitrogen and oxygen atoms in total. The maximum atomic E-state index is 13.7. The van der Waals surface area contributed by atoms with Crippen molar-refractivity contribution in [3.8, 4) is 5.75 Å². The van der Waals surface area contributed by atoms with Gasteiger partial charge in [0.05, 0.1) is 18.8 Å². The Morgan fingerprint density at radius 2 is 1.97 bits per heavy atom. The number of imide groups is 1. The number of fused-ring (bicyclic) bond motifs is 4. The summed E-state index contributed by atoms with van der Waals surface area (Å²) in [5, 5.41) is 2.35. The van der Waals surface area contributed by atoms with Gasteiger partial charge >= 0.3 is 0 Å². The van der Waals surface area contributed by atoms with Crippen LogP contribution in [-0.4, -0.2) is 66.0 Å². The lowest BCUT2D eigenvalue weighted by Gasteiger charge is -2.38. The van der Waals surface area contributed by atoms with Crippen LogP contribution in [0, 0.1) is 5.82 Å². The largest absolute Gasteiger partial charge is 0.492 e. The summed E-state index contributed by atoms with van der Waals surface area (Å²) in [6, 6.07) is 9.56. The van der Waals surface area contributed by atoms with Crippen LogP contribution in [0.5, 0.6) is 5.75 Å². The third-order valence-electron chi connectivity index (χ3n) is 8.30. The quantitative estimate of drug-likeness (QED) is 0.453. The first-order valence-electron chi connectivity index (χ1n) is 13.2. The summed E-state index contributed by atoms with van der Waals surface area (Å²) in [5.74, 6) is -0.512. The van der Waals surface area contributed by atoms with E-state index in [4.69, 9.17) is 10.5 Å². The highest BCUT2D eigenvalue weighted by Crippen LogP contribution is 2.49. The molecule has 6 rings (SSSR count). The van der Waals surface area contributed by atoms with E-state index in [1.54, 1.807) is 29.2 Å². The van der Waals surface area contributed by atoms with Crippen LogP contribution < -0.4 is 15.8 Å². The number of hydrogen-bond donors (Lipinski definition) is 2. The number of nitrogens with zero attached hydrogens (tertiary/aromatic N) is 3. The minimum absolute atomic E-state index is 0.128. The summed E-state index contributed by atoms with van der Waals surface area (Å²) in [7, 11) is 0. The van der Waals surface area contributed by atoms with Crippen molar-refractivity contribution in [2.24, 2.45) is 10.7 Å². The smallest absolute Gasteiger partial charge is 0.255 e. The lowest BCUT2D eigenvalue weighted by Crippen LogP contribution is -2.52. The summed E-state index contributed by atoms with van der Waals surface area (Å²) < 4.78 is 20.0. The second-order valence-electron chi connectivity index (χ2n) is 10.7. The fraction of sp³-hybridized carbons (Fsp3) is 0.379. The van der Waals surface area contributed by atoms with Gasteiger partial charge in [-0.25, -0.2) is 4.39 Å².